The molecule has 4 aromatic rings. The largest absolute Gasteiger partial charge is 0.351 e. The van der Waals surface area contributed by atoms with E-state index in [4.69, 9.17) is 0 Å². The lowest BCUT2D eigenvalue weighted by atomic mass is 10.2. The van der Waals surface area contributed by atoms with E-state index in [-0.39, 0.29) is 0 Å². The molecule has 0 spiro atoms. The lowest BCUT2D eigenvalue weighted by Gasteiger charge is -2.35. The molecule has 31 heavy (non-hydrogen) atoms. The SMILES string of the molecule is Cc1ccc(-c2cc3c(N4CCN(c5ncc(C(C)N=O)cn5)CC4)ncnn3c2)s1. The fraction of sp³-hybridized carbons (Fsp3) is 0.333. The molecule has 1 unspecified atom stereocenters. The molecule has 158 valence electrons. The topological polar surface area (TPSA) is 91.9 Å². The van der Waals surface area contributed by atoms with Crippen LogP contribution in [-0.2, 0) is 0 Å². The van der Waals surface area contributed by atoms with Gasteiger partial charge in [-0.05, 0) is 32.0 Å². The first-order chi connectivity index (χ1) is 15.1. The monoisotopic (exact) mass is 434 g/mol. The Morgan fingerprint density at radius 1 is 1.06 bits per heavy atom. The van der Waals surface area contributed by atoms with Gasteiger partial charge < -0.3 is 9.80 Å². The summed E-state index contributed by atoms with van der Waals surface area (Å²) in [6.45, 7) is 7.04. The van der Waals surface area contributed by atoms with Gasteiger partial charge in [-0.25, -0.2) is 19.5 Å². The van der Waals surface area contributed by atoms with Crippen LogP contribution in [-0.4, -0.2) is 50.7 Å². The van der Waals surface area contributed by atoms with Gasteiger partial charge in [0.2, 0.25) is 5.95 Å². The van der Waals surface area contributed by atoms with E-state index in [2.05, 4.69) is 66.3 Å². The maximum Gasteiger partial charge on any atom is 0.225 e. The molecule has 1 fully saturated rings. The minimum Gasteiger partial charge on any atom is -0.351 e. The molecule has 0 saturated carbocycles. The Morgan fingerprint density at radius 3 is 2.48 bits per heavy atom. The second kappa shape index (κ2) is 8.03. The van der Waals surface area contributed by atoms with Gasteiger partial charge in [-0.2, -0.15) is 10.0 Å². The first-order valence-electron chi connectivity index (χ1n) is 10.2. The van der Waals surface area contributed by atoms with Crippen LogP contribution < -0.4 is 9.80 Å². The Morgan fingerprint density at radius 2 is 1.81 bits per heavy atom. The summed E-state index contributed by atoms with van der Waals surface area (Å²) >= 11 is 1.78. The number of nitrogens with zero attached hydrogens (tertiary/aromatic N) is 8. The number of fused-ring (bicyclic) bond motifs is 1. The number of hydrogen-bond acceptors (Lipinski definition) is 9. The van der Waals surface area contributed by atoms with Crippen LogP contribution in [0.15, 0.2) is 48.3 Å². The van der Waals surface area contributed by atoms with Crippen molar-refractivity contribution < 1.29 is 0 Å². The quantitative estimate of drug-likeness (QED) is 0.442. The van der Waals surface area contributed by atoms with Crippen LogP contribution in [0.1, 0.15) is 23.4 Å². The van der Waals surface area contributed by atoms with Gasteiger partial charge in [0.25, 0.3) is 0 Å². The van der Waals surface area contributed by atoms with Gasteiger partial charge in [0.05, 0.1) is 0 Å². The van der Waals surface area contributed by atoms with Crippen LogP contribution in [0.2, 0.25) is 0 Å². The number of piperazine rings is 1. The van der Waals surface area contributed by atoms with E-state index in [1.807, 2.05) is 4.52 Å². The van der Waals surface area contributed by atoms with Crippen molar-refractivity contribution in [2.75, 3.05) is 36.0 Å². The van der Waals surface area contributed by atoms with E-state index < -0.39 is 6.04 Å². The molecule has 4 aromatic heterocycles. The zero-order valence-corrected chi connectivity index (χ0v) is 18.2. The van der Waals surface area contributed by atoms with Crippen LogP contribution in [0.25, 0.3) is 16.0 Å². The third kappa shape index (κ3) is 3.74. The van der Waals surface area contributed by atoms with Crippen molar-refractivity contribution >= 4 is 28.6 Å². The standard InChI is InChI=1S/C21H22N8OS/c1-14-3-4-19(31-14)16-9-18-20(24-13-25-29(18)12-16)27-5-7-28(8-6-27)21-22-10-17(11-23-21)15(2)26-30/h3-4,9-13,15H,5-8H2,1-2H3. The smallest absolute Gasteiger partial charge is 0.225 e. The predicted octanol–water partition coefficient (Wildman–Crippen LogP) is 3.71. The highest BCUT2D eigenvalue weighted by Gasteiger charge is 2.22. The normalized spacial score (nSPS) is 15.4. The van der Waals surface area contributed by atoms with E-state index in [0.717, 1.165) is 48.6 Å². The van der Waals surface area contributed by atoms with Gasteiger partial charge in [-0.1, -0.05) is 5.18 Å². The molecular formula is C21H22N8OS. The van der Waals surface area contributed by atoms with Crippen molar-refractivity contribution in [2.24, 2.45) is 5.18 Å². The molecular weight excluding hydrogens is 412 g/mol. The average Bonchev–Trinajstić information content (AvgIpc) is 3.45. The lowest BCUT2D eigenvalue weighted by molar-refractivity contribution is 0.632. The Kier molecular flexibility index (Phi) is 5.06. The number of aryl methyl sites for hydroxylation is 1. The number of nitroso groups, excluding NO2 is 1. The molecule has 5 heterocycles. The molecule has 0 bridgehead atoms. The molecule has 0 aliphatic carbocycles. The Labute approximate surface area is 183 Å². The highest BCUT2D eigenvalue weighted by molar-refractivity contribution is 7.15. The maximum atomic E-state index is 10.7. The van der Waals surface area contributed by atoms with Crippen molar-refractivity contribution in [3.8, 4) is 10.4 Å². The summed E-state index contributed by atoms with van der Waals surface area (Å²) in [5.74, 6) is 1.61. The van der Waals surface area contributed by atoms with Crippen LogP contribution in [0, 0.1) is 11.8 Å². The van der Waals surface area contributed by atoms with Gasteiger partial charge in [0, 0.05) is 65.7 Å². The summed E-state index contributed by atoms with van der Waals surface area (Å²) in [5.41, 5.74) is 2.89. The van der Waals surface area contributed by atoms with Crippen molar-refractivity contribution in [3.63, 3.8) is 0 Å². The highest BCUT2D eigenvalue weighted by atomic mass is 32.1. The van der Waals surface area contributed by atoms with Gasteiger partial charge in [0.15, 0.2) is 5.82 Å². The summed E-state index contributed by atoms with van der Waals surface area (Å²) < 4.78 is 1.91. The highest BCUT2D eigenvalue weighted by Crippen LogP contribution is 2.31. The summed E-state index contributed by atoms with van der Waals surface area (Å²) in [6, 6.07) is 6.02. The fourth-order valence-electron chi connectivity index (χ4n) is 3.77. The molecule has 1 aliphatic heterocycles. The second-order valence-electron chi connectivity index (χ2n) is 7.62. The van der Waals surface area contributed by atoms with Gasteiger partial charge in [0.1, 0.15) is 17.9 Å². The third-order valence-corrected chi connectivity index (χ3v) is 6.62. The lowest BCUT2D eigenvalue weighted by Crippen LogP contribution is -2.47. The third-order valence-electron chi connectivity index (χ3n) is 5.57. The van der Waals surface area contributed by atoms with Gasteiger partial charge in [-0.3, -0.25) is 0 Å². The Hall–Kier alpha value is -3.40. The molecule has 1 aliphatic rings. The first kappa shape index (κ1) is 19.6. The maximum absolute atomic E-state index is 10.7. The second-order valence-corrected chi connectivity index (χ2v) is 8.91. The number of aromatic nitrogens is 5. The van der Waals surface area contributed by atoms with Crippen LogP contribution >= 0.6 is 11.3 Å². The fourth-order valence-corrected chi connectivity index (χ4v) is 4.62. The van der Waals surface area contributed by atoms with Crippen LogP contribution in [0.5, 0.6) is 0 Å². The van der Waals surface area contributed by atoms with E-state index in [0.29, 0.717) is 5.95 Å². The molecule has 9 nitrogen and oxygen atoms in total. The zero-order chi connectivity index (χ0) is 21.4. The average molecular weight is 435 g/mol. The summed E-state index contributed by atoms with van der Waals surface area (Å²) in [6.07, 6.45) is 7.04. The minimum absolute atomic E-state index is 0.434. The number of rotatable bonds is 5. The Balaban J connectivity index is 1.33. The predicted molar refractivity (Wildman–Crippen MR) is 122 cm³/mol. The number of thiophene rings is 1. The van der Waals surface area contributed by atoms with E-state index in [1.54, 1.807) is 37.0 Å². The van der Waals surface area contributed by atoms with Crippen molar-refractivity contribution in [2.45, 2.75) is 19.9 Å². The van der Waals surface area contributed by atoms with E-state index in [1.165, 1.54) is 9.75 Å². The van der Waals surface area contributed by atoms with Crippen molar-refractivity contribution in [1.29, 1.82) is 0 Å². The van der Waals surface area contributed by atoms with Crippen molar-refractivity contribution in [3.05, 3.63) is 58.5 Å². The molecule has 0 N–H and O–H groups in total. The first-order valence-corrected chi connectivity index (χ1v) is 11.0. The molecule has 1 atom stereocenters. The van der Waals surface area contributed by atoms with Gasteiger partial charge in [-0.15, -0.1) is 11.3 Å². The molecule has 0 amide bonds. The summed E-state index contributed by atoms with van der Waals surface area (Å²) in [5, 5.41) is 7.43. The van der Waals surface area contributed by atoms with Crippen LogP contribution in [0.3, 0.4) is 0 Å². The van der Waals surface area contributed by atoms with Crippen molar-refractivity contribution in [1.82, 2.24) is 24.6 Å². The zero-order valence-electron chi connectivity index (χ0n) is 17.3. The van der Waals surface area contributed by atoms with Gasteiger partial charge >= 0.3 is 0 Å². The molecule has 10 heteroatoms. The minimum atomic E-state index is -0.434. The van der Waals surface area contributed by atoms with Crippen LogP contribution in [0.4, 0.5) is 11.8 Å². The Bertz CT molecular complexity index is 1210. The molecule has 5 rings (SSSR count). The van der Waals surface area contributed by atoms with E-state index in [9.17, 15) is 4.91 Å². The summed E-state index contributed by atoms with van der Waals surface area (Å²) in [7, 11) is 0. The number of hydrogen-bond donors (Lipinski definition) is 0. The molecule has 0 radical (unpaired) electrons. The molecule has 1 saturated heterocycles. The number of anilines is 2. The van der Waals surface area contributed by atoms with E-state index >= 15 is 0 Å². The molecule has 0 aromatic carbocycles. The summed E-state index contributed by atoms with van der Waals surface area (Å²) in [4.78, 5) is 31.1.